The molecule has 0 radical (unpaired) electrons. The summed E-state index contributed by atoms with van der Waals surface area (Å²) in [5, 5.41) is 10.1. The van der Waals surface area contributed by atoms with E-state index in [1.54, 1.807) is 0 Å². The molecule has 0 saturated heterocycles. The maximum absolute atomic E-state index is 13.4. The van der Waals surface area contributed by atoms with E-state index in [1.165, 1.54) is 42.5 Å². The van der Waals surface area contributed by atoms with E-state index in [0.29, 0.717) is 0 Å². The summed E-state index contributed by atoms with van der Waals surface area (Å²) >= 11 is 0. The van der Waals surface area contributed by atoms with E-state index in [4.69, 9.17) is 4.42 Å². The summed E-state index contributed by atoms with van der Waals surface area (Å²) in [6, 6.07) is 11.9. The third-order valence-corrected chi connectivity index (χ3v) is 3.47. The van der Waals surface area contributed by atoms with Gasteiger partial charge in [0.05, 0.1) is 11.1 Å². The number of amides is 1. The van der Waals surface area contributed by atoms with Crippen molar-refractivity contribution in [3.8, 4) is 5.75 Å². The van der Waals surface area contributed by atoms with Crippen LogP contribution in [0.5, 0.6) is 5.75 Å². The number of carbonyl (C=O) groups excluding carboxylic acids is 1. The maximum atomic E-state index is 13.4. The quantitative estimate of drug-likeness (QED) is 0.566. The van der Waals surface area contributed by atoms with Gasteiger partial charge in [-0.25, -0.2) is 9.69 Å². The van der Waals surface area contributed by atoms with Gasteiger partial charge in [0.25, 0.3) is 5.91 Å². The molecule has 0 aliphatic carbocycles. The predicted molar refractivity (Wildman–Crippen MR) is 83.5 cm³/mol. The van der Waals surface area contributed by atoms with Crippen LogP contribution in [0, 0.1) is 0 Å². The van der Waals surface area contributed by atoms with Crippen LogP contribution in [0.1, 0.15) is 10.4 Å². The SMILES string of the molecule is O=C(c1c(O)c2ccccc2oc1=O)N(c1ccccc1)C(F)(F)F. The first-order chi connectivity index (χ1) is 11.8. The van der Waals surface area contributed by atoms with Crippen molar-refractivity contribution in [3.63, 3.8) is 0 Å². The highest BCUT2D eigenvalue weighted by Crippen LogP contribution is 2.33. The van der Waals surface area contributed by atoms with Gasteiger partial charge >= 0.3 is 11.9 Å². The molecule has 0 atom stereocenters. The van der Waals surface area contributed by atoms with E-state index in [-0.39, 0.29) is 11.0 Å². The lowest BCUT2D eigenvalue weighted by atomic mass is 10.1. The highest BCUT2D eigenvalue weighted by atomic mass is 19.4. The molecule has 128 valence electrons. The summed E-state index contributed by atoms with van der Waals surface area (Å²) in [6.07, 6.45) is -5.11. The normalized spacial score (nSPS) is 11.5. The van der Waals surface area contributed by atoms with E-state index < -0.39 is 39.7 Å². The average molecular weight is 349 g/mol. The van der Waals surface area contributed by atoms with Crippen LogP contribution >= 0.6 is 0 Å². The molecule has 1 N–H and O–H groups in total. The number of benzene rings is 2. The Morgan fingerprint density at radius 3 is 2.24 bits per heavy atom. The number of hydrogen-bond donors (Lipinski definition) is 1. The lowest BCUT2D eigenvalue weighted by Crippen LogP contribution is -2.44. The van der Waals surface area contributed by atoms with Crippen molar-refractivity contribution in [1.82, 2.24) is 0 Å². The number of rotatable bonds is 2. The minimum Gasteiger partial charge on any atom is -0.506 e. The van der Waals surface area contributed by atoms with Gasteiger partial charge in [0.1, 0.15) is 11.3 Å². The van der Waals surface area contributed by atoms with E-state index in [1.807, 2.05) is 0 Å². The lowest BCUT2D eigenvalue weighted by Gasteiger charge is -2.24. The Balaban J connectivity index is 2.22. The summed E-state index contributed by atoms with van der Waals surface area (Å²) in [4.78, 5) is 24.0. The van der Waals surface area contributed by atoms with Crippen molar-refractivity contribution in [1.29, 1.82) is 0 Å². The molecular weight excluding hydrogens is 339 g/mol. The maximum Gasteiger partial charge on any atom is 0.491 e. The van der Waals surface area contributed by atoms with Gasteiger partial charge in [0.2, 0.25) is 0 Å². The Morgan fingerprint density at radius 1 is 1.00 bits per heavy atom. The molecule has 1 heterocycles. The second-order valence-electron chi connectivity index (χ2n) is 5.05. The van der Waals surface area contributed by atoms with E-state index >= 15 is 0 Å². The summed E-state index contributed by atoms with van der Waals surface area (Å²) < 4.78 is 45.1. The van der Waals surface area contributed by atoms with Gasteiger partial charge in [-0.1, -0.05) is 30.3 Å². The van der Waals surface area contributed by atoms with Crippen LogP contribution in [0.4, 0.5) is 18.9 Å². The first-order valence-corrected chi connectivity index (χ1v) is 7.02. The molecule has 0 spiro atoms. The largest absolute Gasteiger partial charge is 0.506 e. The van der Waals surface area contributed by atoms with Gasteiger partial charge in [-0.3, -0.25) is 4.79 Å². The number of nitrogens with zero attached hydrogens (tertiary/aromatic N) is 1. The molecule has 8 heteroatoms. The van der Waals surface area contributed by atoms with E-state index in [2.05, 4.69) is 0 Å². The Bertz CT molecular complexity index is 996. The fraction of sp³-hybridized carbons (Fsp3) is 0.0588. The van der Waals surface area contributed by atoms with Crippen molar-refractivity contribution in [2.75, 3.05) is 4.90 Å². The monoisotopic (exact) mass is 349 g/mol. The molecule has 3 aromatic rings. The zero-order chi connectivity index (χ0) is 18.2. The third-order valence-electron chi connectivity index (χ3n) is 3.47. The molecule has 25 heavy (non-hydrogen) atoms. The Labute approximate surface area is 138 Å². The van der Waals surface area contributed by atoms with Crippen LogP contribution < -0.4 is 10.5 Å². The number of fused-ring (bicyclic) bond motifs is 1. The molecule has 0 aliphatic heterocycles. The highest BCUT2D eigenvalue weighted by Gasteiger charge is 2.44. The van der Waals surface area contributed by atoms with E-state index in [9.17, 15) is 27.9 Å². The van der Waals surface area contributed by atoms with Crippen LogP contribution in [0.25, 0.3) is 11.0 Å². The van der Waals surface area contributed by atoms with Gasteiger partial charge in [0, 0.05) is 0 Å². The summed E-state index contributed by atoms with van der Waals surface area (Å²) in [7, 11) is 0. The van der Waals surface area contributed by atoms with Gasteiger partial charge < -0.3 is 9.52 Å². The number of anilines is 1. The molecule has 5 nitrogen and oxygen atoms in total. The fourth-order valence-corrected chi connectivity index (χ4v) is 2.39. The topological polar surface area (TPSA) is 70.7 Å². The molecule has 1 aromatic heterocycles. The van der Waals surface area contributed by atoms with Crippen molar-refractivity contribution in [3.05, 3.63) is 70.6 Å². The smallest absolute Gasteiger partial charge is 0.491 e. The molecule has 1 amide bonds. The minimum absolute atomic E-state index is 0.0411. The predicted octanol–water partition coefficient (Wildman–Crippen LogP) is 3.67. The van der Waals surface area contributed by atoms with Gasteiger partial charge in [-0.15, -0.1) is 13.2 Å². The first-order valence-electron chi connectivity index (χ1n) is 7.02. The molecule has 0 saturated carbocycles. The molecule has 0 aliphatic rings. The fourth-order valence-electron chi connectivity index (χ4n) is 2.39. The molecule has 0 unspecified atom stereocenters. The van der Waals surface area contributed by atoms with Crippen molar-refractivity contribution < 1.29 is 27.5 Å². The molecular formula is C17H10F3NO4. The minimum atomic E-state index is -5.11. The van der Waals surface area contributed by atoms with Crippen LogP contribution in [0.3, 0.4) is 0 Å². The number of halogens is 3. The second-order valence-corrected chi connectivity index (χ2v) is 5.05. The molecule has 0 fully saturated rings. The van der Waals surface area contributed by atoms with Gasteiger partial charge in [0.15, 0.2) is 5.56 Å². The molecule has 2 aromatic carbocycles. The average Bonchev–Trinajstić information content (AvgIpc) is 2.54. The van der Waals surface area contributed by atoms with Crippen molar-refractivity contribution >= 4 is 22.6 Å². The number of aromatic hydroxyl groups is 1. The summed E-state index contributed by atoms with van der Waals surface area (Å²) in [5.74, 6) is -2.59. The van der Waals surface area contributed by atoms with Crippen molar-refractivity contribution in [2.24, 2.45) is 0 Å². The summed E-state index contributed by atoms with van der Waals surface area (Å²) in [6.45, 7) is 0. The Morgan fingerprint density at radius 2 is 1.60 bits per heavy atom. The van der Waals surface area contributed by atoms with Gasteiger partial charge in [-0.2, -0.15) is 0 Å². The Kier molecular flexibility index (Phi) is 3.96. The van der Waals surface area contributed by atoms with Crippen molar-refractivity contribution in [2.45, 2.75) is 6.30 Å². The second kappa shape index (κ2) is 5.97. The zero-order valence-corrected chi connectivity index (χ0v) is 12.4. The van der Waals surface area contributed by atoms with Gasteiger partial charge in [-0.05, 0) is 24.3 Å². The lowest BCUT2D eigenvalue weighted by molar-refractivity contribution is -0.122. The number of alkyl halides is 3. The molecule has 0 bridgehead atoms. The Hall–Kier alpha value is -3.29. The molecule has 3 rings (SSSR count). The number of para-hydroxylation sites is 2. The number of hydrogen-bond acceptors (Lipinski definition) is 4. The van der Waals surface area contributed by atoms with Crippen LogP contribution in [-0.2, 0) is 0 Å². The first kappa shape index (κ1) is 16.6. The van der Waals surface area contributed by atoms with Crippen LogP contribution in [0.2, 0.25) is 0 Å². The third kappa shape index (κ3) is 2.93. The van der Waals surface area contributed by atoms with Crippen LogP contribution in [-0.4, -0.2) is 17.3 Å². The van der Waals surface area contributed by atoms with E-state index in [0.717, 1.165) is 12.1 Å². The zero-order valence-electron chi connectivity index (χ0n) is 12.4. The van der Waals surface area contributed by atoms with Crippen LogP contribution in [0.15, 0.2) is 63.8 Å². The summed E-state index contributed by atoms with van der Waals surface area (Å²) in [5.41, 5.74) is -2.97. The standard InChI is InChI=1S/C17H10F3NO4/c18-17(19,20)21(10-6-2-1-3-7-10)15(23)13-14(22)11-8-4-5-9-12(11)25-16(13)24/h1-9,22H. The highest BCUT2D eigenvalue weighted by molar-refractivity contribution is 6.10. The number of carbonyl (C=O) groups is 1.